The monoisotopic (exact) mass is 282 g/mol. The van der Waals surface area contributed by atoms with Gasteiger partial charge in [0.1, 0.15) is 17.7 Å². The Bertz CT molecular complexity index is 664. The lowest BCUT2D eigenvalue weighted by Gasteiger charge is -1.94. The molecule has 0 aliphatic carbocycles. The summed E-state index contributed by atoms with van der Waals surface area (Å²) in [4.78, 5) is 12.0. The minimum absolute atomic E-state index is 0.251. The molecule has 0 fully saturated rings. The highest BCUT2D eigenvalue weighted by atomic mass is 15.2. The van der Waals surface area contributed by atoms with Gasteiger partial charge in [0.25, 0.3) is 0 Å². The molecule has 3 rings (SSSR count). The molecule has 3 aromatic heterocycles. The molecule has 0 bridgehead atoms. The van der Waals surface area contributed by atoms with E-state index >= 15 is 0 Å². The van der Waals surface area contributed by atoms with Crippen molar-refractivity contribution in [3.05, 3.63) is 60.8 Å². The first kappa shape index (κ1) is 14.1. The lowest BCUT2D eigenvalue weighted by Crippen LogP contribution is -2.16. The summed E-state index contributed by atoms with van der Waals surface area (Å²) in [6, 6.07) is 11.0. The third-order valence-corrected chi connectivity index (χ3v) is 2.39. The number of hydrogen-bond donors (Lipinski definition) is 3. The number of nitrogens with two attached hydrogens (primary N) is 2. The molecule has 0 radical (unpaired) electrons. The van der Waals surface area contributed by atoms with E-state index < -0.39 is 0 Å². The minimum Gasteiger partial charge on any atom is -0.380 e. The molecule has 8 heteroatoms. The molecule has 0 atom stereocenters. The zero-order valence-electron chi connectivity index (χ0n) is 11.1. The fourth-order valence-corrected chi connectivity index (χ4v) is 1.41. The molecule has 21 heavy (non-hydrogen) atoms. The van der Waals surface area contributed by atoms with Gasteiger partial charge in [-0.3, -0.25) is 15.1 Å². The fourth-order valence-electron chi connectivity index (χ4n) is 1.41. The van der Waals surface area contributed by atoms with Crippen molar-refractivity contribution in [2.45, 2.75) is 0 Å². The van der Waals surface area contributed by atoms with Crippen LogP contribution in [0.4, 0.5) is 0 Å². The molecule has 0 aliphatic rings. The second kappa shape index (κ2) is 7.34. The minimum atomic E-state index is 0.251. The highest BCUT2D eigenvalue weighted by molar-refractivity contribution is 5.95. The van der Waals surface area contributed by atoms with Crippen molar-refractivity contribution in [3.63, 3.8) is 0 Å². The van der Waals surface area contributed by atoms with Gasteiger partial charge in [-0.05, 0) is 24.3 Å². The van der Waals surface area contributed by atoms with E-state index in [-0.39, 0.29) is 5.84 Å². The van der Waals surface area contributed by atoms with Crippen LogP contribution in [0, 0.1) is 0 Å². The molecule has 3 aromatic rings. The smallest absolute Gasteiger partial charge is 0.174 e. The highest BCUT2D eigenvalue weighted by Crippen LogP contribution is 2.07. The second-order valence-corrected chi connectivity index (χ2v) is 3.78. The maximum absolute atomic E-state index is 5.36. The van der Waals surface area contributed by atoms with E-state index in [1.807, 2.05) is 24.3 Å². The topological polar surface area (TPSA) is 132 Å². The first-order chi connectivity index (χ1) is 10.3. The van der Waals surface area contributed by atoms with Gasteiger partial charge in [-0.15, -0.1) is 0 Å². The van der Waals surface area contributed by atoms with Crippen molar-refractivity contribution in [2.75, 3.05) is 0 Å². The number of pyridine rings is 2. The zero-order chi connectivity index (χ0) is 14.9. The van der Waals surface area contributed by atoms with Crippen molar-refractivity contribution in [1.29, 1.82) is 0 Å². The molecule has 8 nitrogen and oxygen atoms in total. The molecule has 5 N–H and O–H groups in total. The third kappa shape index (κ3) is 4.10. The van der Waals surface area contributed by atoms with Crippen LogP contribution < -0.4 is 11.6 Å². The molecule has 0 amide bonds. The first-order valence-corrected chi connectivity index (χ1v) is 6.03. The molecule has 0 saturated carbocycles. The van der Waals surface area contributed by atoms with Gasteiger partial charge in [0.15, 0.2) is 11.7 Å². The first-order valence-electron chi connectivity index (χ1n) is 6.03. The summed E-state index contributed by atoms with van der Waals surface area (Å²) in [5.74, 6) is 5.88. The average Bonchev–Trinajstić information content (AvgIpc) is 3.11. The molecule has 0 spiro atoms. The highest BCUT2D eigenvalue weighted by Gasteiger charge is 1.98. The van der Waals surface area contributed by atoms with Gasteiger partial charge >= 0.3 is 0 Å². The van der Waals surface area contributed by atoms with Gasteiger partial charge in [0, 0.05) is 12.4 Å². The Morgan fingerprint density at radius 3 is 2.29 bits per heavy atom. The molecule has 0 saturated heterocycles. The van der Waals surface area contributed by atoms with Crippen LogP contribution in [0.5, 0.6) is 0 Å². The Morgan fingerprint density at radius 1 is 1.00 bits per heavy atom. The standard InChI is InChI=1S/C7H6N4.C6H8N4/c1-2-4-8-6(3-1)7-9-5-10-11-7;7-6(10-8)5-3-1-2-4-9-5/h1-5H,(H,9,10,11);1-4H,8H2,(H2,7,10). The number of amidine groups is 1. The van der Waals surface area contributed by atoms with Crippen LogP contribution in [-0.4, -0.2) is 31.0 Å². The predicted octanol–water partition coefficient (Wildman–Crippen LogP) is 0.527. The summed E-state index contributed by atoms with van der Waals surface area (Å²) in [7, 11) is 0. The number of hydrogen-bond acceptors (Lipinski definition) is 6. The van der Waals surface area contributed by atoms with Crippen LogP contribution in [0.3, 0.4) is 0 Å². The quantitative estimate of drug-likeness (QED) is 0.272. The normalized spacial score (nSPS) is 10.6. The zero-order valence-corrected chi connectivity index (χ0v) is 11.1. The van der Waals surface area contributed by atoms with E-state index in [4.69, 9.17) is 11.6 Å². The Morgan fingerprint density at radius 2 is 1.76 bits per heavy atom. The van der Waals surface area contributed by atoms with E-state index in [9.17, 15) is 0 Å². The Balaban J connectivity index is 0.000000155. The summed E-state index contributed by atoms with van der Waals surface area (Å²) in [6.07, 6.45) is 4.81. The maximum Gasteiger partial charge on any atom is 0.174 e. The molecule has 0 aliphatic heterocycles. The predicted molar refractivity (Wildman–Crippen MR) is 78.8 cm³/mol. The van der Waals surface area contributed by atoms with Gasteiger partial charge in [0.2, 0.25) is 0 Å². The number of aromatic nitrogens is 5. The molecule has 106 valence electrons. The summed E-state index contributed by atoms with van der Waals surface area (Å²) < 4.78 is 0. The van der Waals surface area contributed by atoms with E-state index in [2.05, 4.69) is 30.3 Å². The van der Waals surface area contributed by atoms with Crippen LogP contribution in [0.1, 0.15) is 5.69 Å². The van der Waals surface area contributed by atoms with Crippen molar-refractivity contribution >= 4 is 5.84 Å². The number of H-pyrrole nitrogens is 1. The van der Waals surface area contributed by atoms with Crippen LogP contribution in [-0.2, 0) is 0 Å². The lowest BCUT2D eigenvalue weighted by molar-refractivity contribution is 1.09. The second-order valence-electron chi connectivity index (χ2n) is 3.78. The Labute approximate surface area is 121 Å². The Hall–Kier alpha value is -3.29. The number of hydrazone groups is 1. The van der Waals surface area contributed by atoms with Crippen LogP contribution in [0.2, 0.25) is 0 Å². The lowest BCUT2D eigenvalue weighted by atomic mass is 10.3. The van der Waals surface area contributed by atoms with Gasteiger partial charge in [-0.2, -0.15) is 10.2 Å². The number of aromatic amines is 1. The summed E-state index contributed by atoms with van der Waals surface area (Å²) in [6.45, 7) is 0. The number of rotatable bonds is 2. The summed E-state index contributed by atoms with van der Waals surface area (Å²) in [5, 5.41) is 9.74. The third-order valence-electron chi connectivity index (χ3n) is 2.39. The van der Waals surface area contributed by atoms with Crippen LogP contribution >= 0.6 is 0 Å². The largest absolute Gasteiger partial charge is 0.380 e. The molecule has 0 unspecified atom stereocenters. The number of nitrogens with zero attached hydrogens (tertiary/aromatic N) is 5. The van der Waals surface area contributed by atoms with Crippen molar-refractivity contribution in [2.24, 2.45) is 16.7 Å². The van der Waals surface area contributed by atoms with E-state index in [1.54, 1.807) is 24.5 Å². The average molecular weight is 282 g/mol. The summed E-state index contributed by atoms with van der Waals surface area (Å²) in [5.41, 5.74) is 6.77. The maximum atomic E-state index is 5.36. The van der Waals surface area contributed by atoms with Crippen molar-refractivity contribution in [1.82, 2.24) is 25.1 Å². The SMILES string of the molecule is NN=C(N)c1ccccn1.c1ccc(-c2ncn[nH]2)nc1. The van der Waals surface area contributed by atoms with Gasteiger partial charge < -0.3 is 11.6 Å². The molecule has 0 aromatic carbocycles. The van der Waals surface area contributed by atoms with Gasteiger partial charge in [-0.25, -0.2) is 4.98 Å². The van der Waals surface area contributed by atoms with E-state index in [1.165, 1.54) is 6.33 Å². The van der Waals surface area contributed by atoms with E-state index in [0.717, 1.165) is 5.69 Å². The Kier molecular flexibility index (Phi) is 4.93. The van der Waals surface area contributed by atoms with Crippen molar-refractivity contribution in [3.8, 4) is 11.5 Å². The van der Waals surface area contributed by atoms with Crippen LogP contribution in [0.25, 0.3) is 11.5 Å². The fraction of sp³-hybridized carbons (Fsp3) is 0. The van der Waals surface area contributed by atoms with Gasteiger partial charge in [-0.1, -0.05) is 12.1 Å². The van der Waals surface area contributed by atoms with Crippen molar-refractivity contribution < 1.29 is 0 Å². The van der Waals surface area contributed by atoms with Gasteiger partial charge in [0.05, 0.1) is 0 Å². The number of nitrogens with one attached hydrogen (secondary N) is 1. The van der Waals surface area contributed by atoms with Crippen LogP contribution in [0.15, 0.2) is 60.2 Å². The molecule has 3 heterocycles. The summed E-state index contributed by atoms with van der Waals surface area (Å²) >= 11 is 0. The molecular formula is C13H14N8. The molecular weight excluding hydrogens is 268 g/mol. The van der Waals surface area contributed by atoms with E-state index in [0.29, 0.717) is 11.5 Å².